The molecular weight excluding hydrogens is 264 g/mol. The standard InChI is InChI=1S/C13H10F4O2/c1-6-9(14)11(16)13(12(17)10(6)15)19-8-4-2-3-7(18)5-8/h5H,2-4H2,1H3. The molecule has 0 saturated heterocycles. The van der Waals surface area contributed by atoms with E-state index in [1.807, 2.05) is 0 Å². The maximum absolute atomic E-state index is 13.5. The van der Waals surface area contributed by atoms with Gasteiger partial charge in [0.15, 0.2) is 17.4 Å². The van der Waals surface area contributed by atoms with E-state index in [0.717, 1.165) is 13.0 Å². The molecule has 1 aliphatic rings. The summed E-state index contributed by atoms with van der Waals surface area (Å²) in [6, 6.07) is 0. The number of carbonyl (C=O) groups excluding carboxylic acids is 1. The Labute approximate surface area is 106 Å². The molecule has 0 saturated carbocycles. The van der Waals surface area contributed by atoms with Crippen LogP contribution < -0.4 is 4.74 Å². The van der Waals surface area contributed by atoms with E-state index in [0.29, 0.717) is 12.8 Å². The first-order valence-corrected chi connectivity index (χ1v) is 5.65. The van der Waals surface area contributed by atoms with Crippen LogP contribution in [0.4, 0.5) is 17.6 Å². The lowest BCUT2D eigenvalue weighted by Gasteiger charge is -2.15. The van der Waals surface area contributed by atoms with E-state index in [-0.39, 0.29) is 18.0 Å². The van der Waals surface area contributed by atoms with Crippen LogP contribution in [0, 0.1) is 30.2 Å². The van der Waals surface area contributed by atoms with Gasteiger partial charge in [0.1, 0.15) is 5.76 Å². The molecule has 102 valence electrons. The van der Waals surface area contributed by atoms with Gasteiger partial charge in [-0.25, -0.2) is 8.78 Å². The maximum Gasteiger partial charge on any atom is 0.204 e. The zero-order chi connectivity index (χ0) is 14.2. The molecule has 0 atom stereocenters. The first-order valence-electron chi connectivity index (χ1n) is 5.65. The summed E-state index contributed by atoms with van der Waals surface area (Å²) in [5, 5.41) is 0. The average molecular weight is 274 g/mol. The summed E-state index contributed by atoms with van der Waals surface area (Å²) in [4.78, 5) is 11.1. The monoisotopic (exact) mass is 274 g/mol. The lowest BCUT2D eigenvalue weighted by Crippen LogP contribution is -2.10. The highest BCUT2D eigenvalue weighted by Gasteiger charge is 2.26. The lowest BCUT2D eigenvalue weighted by molar-refractivity contribution is -0.115. The third-order valence-corrected chi connectivity index (χ3v) is 2.84. The molecule has 6 heteroatoms. The number of carbonyl (C=O) groups is 1. The van der Waals surface area contributed by atoms with Crippen molar-refractivity contribution in [2.45, 2.75) is 26.2 Å². The Morgan fingerprint density at radius 1 is 1.00 bits per heavy atom. The third-order valence-electron chi connectivity index (χ3n) is 2.84. The molecule has 0 heterocycles. The summed E-state index contributed by atoms with van der Waals surface area (Å²) in [6.07, 6.45) is 2.14. The zero-order valence-electron chi connectivity index (χ0n) is 10.0. The second-order valence-electron chi connectivity index (χ2n) is 4.24. The SMILES string of the molecule is Cc1c(F)c(F)c(OC2=CC(=O)CCC2)c(F)c1F. The summed E-state index contributed by atoms with van der Waals surface area (Å²) in [5.74, 6) is -7.62. The molecule has 0 bridgehead atoms. The van der Waals surface area contributed by atoms with Gasteiger partial charge in [-0.1, -0.05) is 0 Å². The van der Waals surface area contributed by atoms with Crippen LogP contribution in [-0.4, -0.2) is 5.78 Å². The molecule has 0 N–H and O–H groups in total. The van der Waals surface area contributed by atoms with Gasteiger partial charge in [-0.15, -0.1) is 0 Å². The van der Waals surface area contributed by atoms with Crippen LogP contribution in [-0.2, 0) is 4.79 Å². The number of allylic oxidation sites excluding steroid dienone is 2. The zero-order valence-corrected chi connectivity index (χ0v) is 10.0. The highest BCUT2D eigenvalue weighted by molar-refractivity contribution is 5.90. The van der Waals surface area contributed by atoms with Crippen molar-refractivity contribution in [2.24, 2.45) is 0 Å². The minimum atomic E-state index is -1.60. The van der Waals surface area contributed by atoms with Gasteiger partial charge in [0.25, 0.3) is 0 Å². The Morgan fingerprint density at radius 3 is 2.11 bits per heavy atom. The van der Waals surface area contributed by atoms with Gasteiger partial charge in [-0.3, -0.25) is 4.79 Å². The number of hydrogen-bond donors (Lipinski definition) is 0. The van der Waals surface area contributed by atoms with E-state index in [1.165, 1.54) is 0 Å². The Kier molecular flexibility index (Phi) is 3.59. The van der Waals surface area contributed by atoms with E-state index < -0.39 is 34.6 Å². The van der Waals surface area contributed by atoms with Crippen molar-refractivity contribution in [3.63, 3.8) is 0 Å². The van der Waals surface area contributed by atoms with Crippen molar-refractivity contribution < 1.29 is 27.1 Å². The predicted molar refractivity (Wildman–Crippen MR) is 58.6 cm³/mol. The van der Waals surface area contributed by atoms with Crippen LogP contribution in [0.25, 0.3) is 0 Å². The summed E-state index contributed by atoms with van der Waals surface area (Å²) in [7, 11) is 0. The van der Waals surface area contributed by atoms with E-state index >= 15 is 0 Å². The molecule has 0 amide bonds. The number of ketones is 1. The molecule has 1 aromatic rings. The number of rotatable bonds is 2. The molecule has 0 aromatic heterocycles. The molecule has 2 rings (SSSR count). The molecule has 0 radical (unpaired) electrons. The number of hydrogen-bond acceptors (Lipinski definition) is 2. The van der Waals surface area contributed by atoms with Gasteiger partial charge >= 0.3 is 0 Å². The summed E-state index contributed by atoms with van der Waals surface area (Å²) in [6.45, 7) is 0.921. The third kappa shape index (κ3) is 2.47. The van der Waals surface area contributed by atoms with Crippen molar-refractivity contribution in [1.29, 1.82) is 0 Å². The first-order chi connectivity index (χ1) is 8.91. The van der Waals surface area contributed by atoms with E-state index in [2.05, 4.69) is 0 Å². The van der Waals surface area contributed by atoms with Crippen molar-refractivity contribution in [1.82, 2.24) is 0 Å². The minimum absolute atomic E-state index is 0.00305. The first kappa shape index (κ1) is 13.6. The van der Waals surface area contributed by atoms with Crippen molar-refractivity contribution >= 4 is 5.78 Å². The molecule has 1 aromatic carbocycles. The normalized spacial score (nSPS) is 15.4. The molecule has 0 unspecified atom stereocenters. The highest BCUT2D eigenvalue weighted by Crippen LogP contribution is 2.32. The maximum atomic E-state index is 13.5. The summed E-state index contributed by atoms with van der Waals surface area (Å²) in [5.41, 5.74) is -0.754. The fourth-order valence-corrected chi connectivity index (χ4v) is 1.78. The van der Waals surface area contributed by atoms with E-state index in [9.17, 15) is 22.4 Å². The molecular formula is C13H10F4O2. The van der Waals surface area contributed by atoms with Gasteiger partial charge in [0.2, 0.25) is 17.4 Å². The van der Waals surface area contributed by atoms with Crippen LogP contribution in [0.2, 0.25) is 0 Å². The Balaban J connectivity index is 2.43. The molecule has 0 spiro atoms. The topological polar surface area (TPSA) is 26.3 Å². The molecule has 1 aliphatic carbocycles. The lowest BCUT2D eigenvalue weighted by atomic mass is 10.1. The van der Waals surface area contributed by atoms with E-state index in [1.54, 1.807) is 0 Å². The van der Waals surface area contributed by atoms with Crippen LogP contribution >= 0.6 is 0 Å². The highest BCUT2D eigenvalue weighted by atomic mass is 19.2. The second-order valence-corrected chi connectivity index (χ2v) is 4.24. The van der Waals surface area contributed by atoms with Gasteiger partial charge in [-0.05, 0) is 13.3 Å². The number of ether oxygens (including phenoxy) is 1. The van der Waals surface area contributed by atoms with Crippen molar-refractivity contribution in [3.05, 3.63) is 40.7 Å². The van der Waals surface area contributed by atoms with Gasteiger partial charge in [-0.2, -0.15) is 8.78 Å². The molecule has 19 heavy (non-hydrogen) atoms. The second kappa shape index (κ2) is 5.03. The summed E-state index contributed by atoms with van der Waals surface area (Å²) < 4.78 is 58.5. The minimum Gasteiger partial charge on any atom is -0.455 e. The van der Waals surface area contributed by atoms with Crippen LogP contribution in [0.15, 0.2) is 11.8 Å². The smallest absolute Gasteiger partial charge is 0.204 e. The Bertz CT molecular complexity index is 549. The van der Waals surface area contributed by atoms with Crippen molar-refractivity contribution in [2.75, 3.05) is 0 Å². The average Bonchev–Trinajstić information content (AvgIpc) is 2.39. The van der Waals surface area contributed by atoms with Crippen LogP contribution in [0.1, 0.15) is 24.8 Å². The van der Waals surface area contributed by atoms with Crippen LogP contribution in [0.5, 0.6) is 5.75 Å². The Hall–Kier alpha value is -1.85. The van der Waals surface area contributed by atoms with Crippen LogP contribution in [0.3, 0.4) is 0 Å². The van der Waals surface area contributed by atoms with E-state index in [4.69, 9.17) is 4.74 Å². The van der Waals surface area contributed by atoms with Gasteiger partial charge in [0.05, 0.1) is 0 Å². The fourth-order valence-electron chi connectivity index (χ4n) is 1.78. The predicted octanol–water partition coefficient (Wildman–Crippen LogP) is 3.57. The van der Waals surface area contributed by atoms with Gasteiger partial charge in [0, 0.05) is 24.5 Å². The van der Waals surface area contributed by atoms with Crippen molar-refractivity contribution in [3.8, 4) is 5.75 Å². The molecule has 0 aliphatic heterocycles. The van der Waals surface area contributed by atoms with Gasteiger partial charge < -0.3 is 4.74 Å². The number of benzene rings is 1. The fraction of sp³-hybridized carbons (Fsp3) is 0.308. The molecule has 0 fully saturated rings. The largest absolute Gasteiger partial charge is 0.455 e. The summed E-state index contributed by atoms with van der Waals surface area (Å²) >= 11 is 0. The molecule has 2 nitrogen and oxygen atoms in total. The number of halogens is 4. The quantitative estimate of drug-likeness (QED) is 0.608. The Morgan fingerprint density at radius 2 is 1.58 bits per heavy atom.